The Morgan fingerprint density at radius 1 is 1.78 bits per heavy atom. The number of carbonyl (C=O) groups excluding carboxylic acids is 1. The largest absolute Gasteiger partial charge is 0.461 e. The Morgan fingerprint density at radius 2 is 2.56 bits per heavy atom. The molecule has 2 N–H and O–H groups in total. The molecule has 1 aliphatic heterocycles. The zero-order valence-corrected chi connectivity index (χ0v) is 5.04. The van der Waals surface area contributed by atoms with Crippen molar-refractivity contribution in [2.75, 3.05) is 6.61 Å². The van der Waals surface area contributed by atoms with Crippen LogP contribution in [-0.2, 0) is 9.53 Å². The summed E-state index contributed by atoms with van der Waals surface area (Å²) >= 11 is 0. The van der Waals surface area contributed by atoms with Gasteiger partial charge in [0.05, 0.1) is 0 Å². The number of hydrogen-bond donors (Lipinski definition) is 1. The van der Waals surface area contributed by atoms with E-state index in [1.54, 1.807) is 6.08 Å². The highest BCUT2D eigenvalue weighted by atomic mass is 16.5. The van der Waals surface area contributed by atoms with Gasteiger partial charge < -0.3 is 10.5 Å². The Labute approximate surface area is 53.5 Å². The Bertz CT molecular complexity index is 142. The lowest BCUT2D eigenvalue weighted by Gasteiger charge is -2.03. The molecule has 0 spiro atoms. The Hall–Kier alpha value is -0.830. The van der Waals surface area contributed by atoms with Crippen LogP contribution in [0, 0.1) is 0 Å². The molecule has 0 saturated heterocycles. The van der Waals surface area contributed by atoms with Crippen LogP contribution in [0.3, 0.4) is 0 Å². The minimum Gasteiger partial charge on any atom is -0.461 e. The molecule has 9 heavy (non-hydrogen) atoms. The van der Waals surface area contributed by atoms with E-state index in [-0.39, 0.29) is 12.0 Å². The maximum Gasteiger partial charge on any atom is 0.330 e. The molecule has 0 aromatic carbocycles. The van der Waals surface area contributed by atoms with Gasteiger partial charge in [-0.25, -0.2) is 4.79 Å². The van der Waals surface area contributed by atoms with Crippen LogP contribution in [0.2, 0.25) is 0 Å². The summed E-state index contributed by atoms with van der Waals surface area (Å²) in [6, 6.07) is -0.0206. The SMILES string of the molecule is NC1CC=CC(=O)OC1. The third-order valence-electron chi connectivity index (χ3n) is 1.13. The molecule has 1 atom stereocenters. The maximum atomic E-state index is 10.5. The minimum absolute atomic E-state index is 0.0206. The zero-order chi connectivity index (χ0) is 6.69. The van der Waals surface area contributed by atoms with Crippen molar-refractivity contribution < 1.29 is 9.53 Å². The minimum atomic E-state index is -0.289. The van der Waals surface area contributed by atoms with Crippen LogP contribution in [0.15, 0.2) is 12.2 Å². The van der Waals surface area contributed by atoms with Crippen molar-refractivity contribution in [1.82, 2.24) is 0 Å². The summed E-state index contributed by atoms with van der Waals surface area (Å²) in [4.78, 5) is 10.5. The van der Waals surface area contributed by atoms with Gasteiger partial charge in [0.1, 0.15) is 6.61 Å². The van der Waals surface area contributed by atoms with E-state index in [1.807, 2.05) is 0 Å². The van der Waals surface area contributed by atoms with Gasteiger partial charge in [0.2, 0.25) is 0 Å². The van der Waals surface area contributed by atoms with Crippen molar-refractivity contribution in [2.24, 2.45) is 5.73 Å². The molecule has 0 amide bonds. The Balaban J connectivity index is 2.48. The second kappa shape index (κ2) is 2.64. The van der Waals surface area contributed by atoms with E-state index < -0.39 is 0 Å². The Morgan fingerprint density at radius 3 is 3.33 bits per heavy atom. The summed E-state index contributed by atoms with van der Waals surface area (Å²) in [5.41, 5.74) is 5.47. The molecule has 3 heteroatoms. The summed E-state index contributed by atoms with van der Waals surface area (Å²) in [6.07, 6.45) is 3.87. The van der Waals surface area contributed by atoms with Crippen molar-refractivity contribution >= 4 is 5.97 Å². The molecule has 0 fully saturated rings. The normalized spacial score (nSPS) is 27.2. The monoisotopic (exact) mass is 127 g/mol. The van der Waals surface area contributed by atoms with Crippen molar-refractivity contribution in [3.63, 3.8) is 0 Å². The van der Waals surface area contributed by atoms with Gasteiger partial charge in [-0.3, -0.25) is 0 Å². The molecule has 0 aromatic rings. The first-order chi connectivity index (χ1) is 4.29. The highest BCUT2D eigenvalue weighted by Gasteiger charge is 2.07. The van der Waals surface area contributed by atoms with Gasteiger partial charge in [0, 0.05) is 12.1 Å². The van der Waals surface area contributed by atoms with E-state index in [1.165, 1.54) is 6.08 Å². The predicted octanol–water partition coefficient (Wildman–Crippen LogP) is -0.183. The van der Waals surface area contributed by atoms with Crippen LogP contribution in [-0.4, -0.2) is 18.6 Å². The zero-order valence-electron chi connectivity index (χ0n) is 5.04. The van der Waals surface area contributed by atoms with Crippen molar-refractivity contribution in [2.45, 2.75) is 12.5 Å². The van der Waals surface area contributed by atoms with Gasteiger partial charge in [0.15, 0.2) is 0 Å². The lowest BCUT2D eigenvalue weighted by atomic mass is 10.2. The van der Waals surface area contributed by atoms with Crippen LogP contribution in [0.4, 0.5) is 0 Å². The number of nitrogens with two attached hydrogens (primary N) is 1. The molecule has 1 heterocycles. The van der Waals surface area contributed by atoms with Crippen LogP contribution in [0.25, 0.3) is 0 Å². The van der Waals surface area contributed by atoms with Crippen LogP contribution >= 0.6 is 0 Å². The number of carbonyl (C=O) groups is 1. The highest BCUT2D eigenvalue weighted by Crippen LogP contribution is 1.97. The topological polar surface area (TPSA) is 52.3 Å². The number of rotatable bonds is 0. The summed E-state index contributed by atoms with van der Waals surface area (Å²) in [5.74, 6) is -0.289. The molecule has 0 aliphatic carbocycles. The fourth-order valence-corrected chi connectivity index (χ4v) is 0.644. The summed E-state index contributed by atoms with van der Waals surface area (Å²) in [7, 11) is 0. The Kier molecular flexibility index (Phi) is 1.85. The van der Waals surface area contributed by atoms with Crippen LogP contribution in [0.5, 0.6) is 0 Å². The first-order valence-electron chi connectivity index (χ1n) is 2.88. The van der Waals surface area contributed by atoms with E-state index in [9.17, 15) is 4.79 Å². The van der Waals surface area contributed by atoms with E-state index in [2.05, 4.69) is 4.74 Å². The number of cyclic esters (lactones) is 1. The molecule has 0 aromatic heterocycles. The number of hydrogen-bond acceptors (Lipinski definition) is 3. The molecular formula is C6H9NO2. The predicted molar refractivity (Wildman–Crippen MR) is 32.7 cm³/mol. The standard InChI is InChI=1S/C6H9NO2/c7-5-2-1-3-6(8)9-4-5/h1,3,5H,2,4,7H2. The summed E-state index contributed by atoms with van der Waals surface area (Å²) in [5, 5.41) is 0. The van der Waals surface area contributed by atoms with E-state index in [4.69, 9.17) is 5.73 Å². The van der Waals surface area contributed by atoms with Crippen LogP contribution < -0.4 is 5.73 Å². The van der Waals surface area contributed by atoms with Gasteiger partial charge >= 0.3 is 5.97 Å². The van der Waals surface area contributed by atoms with Gasteiger partial charge in [-0.1, -0.05) is 6.08 Å². The van der Waals surface area contributed by atoms with Crippen molar-refractivity contribution in [1.29, 1.82) is 0 Å². The maximum absolute atomic E-state index is 10.5. The highest BCUT2D eigenvalue weighted by molar-refractivity contribution is 5.82. The lowest BCUT2D eigenvalue weighted by Crippen LogP contribution is -2.24. The number of ether oxygens (including phenoxy) is 1. The van der Waals surface area contributed by atoms with Gasteiger partial charge in [0.25, 0.3) is 0 Å². The molecule has 3 nitrogen and oxygen atoms in total. The average Bonchev–Trinajstić information content (AvgIpc) is 1.97. The molecular weight excluding hydrogens is 118 g/mol. The average molecular weight is 127 g/mol. The fourth-order valence-electron chi connectivity index (χ4n) is 0.644. The third kappa shape index (κ3) is 1.85. The molecule has 0 radical (unpaired) electrons. The summed E-state index contributed by atoms with van der Waals surface area (Å²) < 4.78 is 4.66. The van der Waals surface area contributed by atoms with Gasteiger partial charge in [-0.2, -0.15) is 0 Å². The summed E-state index contributed by atoms with van der Waals surface area (Å²) in [6.45, 7) is 0.339. The van der Waals surface area contributed by atoms with Crippen LogP contribution in [0.1, 0.15) is 6.42 Å². The fraction of sp³-hybridized carbons (Fsp3) is 0.500. The third-order valence-corrected chi connectivity index (χ3v) is 1.13. The quantitative estimate of drug-likeness (QED) is 0.459. The first kappa shape index (κ1) is 6.29. The molecule has 0 bridgehead atoms. The molecule has 1 unspecified atom stereocenters. The second-order valence-electron chi connectivity index (χ2n) is 2.03. The second-order valence-corrected chi connectivity index (χ2v) is 2.03. The van der Waals surface area contributed by atoms with Gasteiger partial charge in [-0.05, 0) is 6.42 Å². The molecule has 1 rings (SSSR count). The van der Waals surface area contributed by atoms with Crippen molar-refractivity contribution in [3.8, 4) is 0 Å². The van der Waals surface area contributed by atoms with Crippen molar-refractivity contribution in [3.05, 3.63) is 12.2 Å². The first-order valence-corrected chi connectivity index (χ1v) is 2.88. The van der Waals surface area contributed by atoms with E-state index in [0.717, 1.165) is 6.42 Å². The molecule has 0 saturated carbocycles. The number of esters is 1. The van der Waals surface area contributed by atoms with Gasteiger partial charge in [-0.15, -0.1) is 0 Å². The van der Waals surface area contributed by atoms with E-state index in [0.29, 0.717) is 6.61 Å². The molecule has 1 aliphatic rings. The smallest absolute Gasteiger partial charge is 0.330 e. The lowest BCUT2D eigenvalue weighted by molar-refractivity contribution is -0.137. The van der Waals surface area contributed by atoms with E-state index >= 15 is 0 Å². The molecule has 50 valence electrons.